The van der Waals surface area contributed by atoms with Crippen molar-refractivity contribution in [2.45, 2.75) is 27.7 Å². The van der Waals surface area contributed by atoms with Gasteiger partial charge in [0.1, 0.15) is 0 Å². The van der Waals surface area contributed by atoms with Crippen LogP contribution in [0, 0.1) is 0 Å². The van der Waals surface area contributed by atoms with Gasteiger partial charge < -0.3 is 23.2 Å². The van der Waals surface area contributed by atoms with E-state index in [0.717, 1.165) is 0 Å². The molecule has 0 aromatic heterocycles. The molecule has 0 rings (SSSR count). The summed E-state index contributed by atoms with van der Waals surface area (Å²) >= 11 is 0. The van der Waals surface area contributed by atoms with Crippen LogP contribution in [0.2, 0.25) is 0 Å². The van der Waals surface area contributed by atoms with Crippen LogP contribution in [0.3, 0.4) is 0 Å². The molecule has 0 aromatic rings. The zero-order valence-corrected chi connectivity index (χ0v) is 13.4. The zero-order valence-electron chi connectivity index (χ0n) is 10.4. The molecule has 15 heavy (non-hydrogen) atoms. The summed E-state index contributed by atoms with van der Waals surface area (Å²) in [6.45, 7) is 9.80. The third-order valence-corrected chi connectivity index (χ3v) is 3.85. The molecule has 0 heterocycles. The van der Waals surface area contributed by atoms with Gasteiger partial charge >= 0.3 is 38.6 Å². The molecule has 0 aliphatic heterocycles. The molecule has 0 unspecified atom stereocenters. The molecule has 0 radical (unpaired) electrons. The van der Waals surface area contributed by atoms with Crippen LogP contribution in [-0.4, -0.2) is 41.0 Å². The molecule has 0 atom stereocenters. The first-order valence-electron chi connectivity index (χ1n) is 4.80. The van der Waals surface area contributed by atoms with E-state index in [0.29, 0.717) is 26.4 Å². The summed E-state index contributed by atoms with van der Waals surface area (Å²) in [7, 11) is -2.80. The molecular weight excluding hydrogens is 227 g/mol. The van der Waals surface area contributed by atoms with Crippen LogP contribution in [0.25, 0.3) is 0 Å². The van der Waals surface area contributed by atoms with Crippen LogP contribution in [0.1, 0.15) is 27.7 Å². The summed E-state index contributed by atoms with van der Waals surface area (Å²) in [5.74, 6) is 0. The molecule has 0 aromatic carbocycles. The third kappa shape index (κ3) is 8.79. The molecule has 0 fully saturated rings. The van der Waals surface area contributed by atoms with E-state index in [1.165, 1.54) is 0 Å². The first kappa shape index (κ1) is 21.3. The second-order valence-electron chi connectivity index (χ2n) is 2.23. The number of rotatable bonds is 8. The van der Waals surface area contributed by atoms with Gasteiger partial charge in [-0.2, -0.15) is 0 Å². The molecule has 5 nitrogen and oxygen atoms in total. The minimum Gasteiger partial charge on any atom is -0.870 e. The van der Waals surface area contributed by atoms with Crippen molar-refractivity contribution in [1.82, 2.24) is 0 Å². The fourth-order valence-corrected chi connectivity index (χ4v) is 2.87. The Kier molecular flexibility index (Phi) is 18.6. The van der Waals surface area contributed by atoms with Crippen LogP contribution in [-0.2, 0) is 17.7 Å². The fraction of sp³-hybridized carbons (Fsp3) is 1.00. The van der Waals surface area contributed by atoms with Gasteiger partial charge in [0.15, 0.2) is 0 Å². The van der Waals surface area contributed by atoms with Gasteiger partial charge in [-0.1, -0.05) is 0 Å². The van der Waals surface area contributed by atoms with Crippen molar-refractivity contribution in [3.63, 3.8) is 0 Å². The fourth-order valence-electron chi connectivity index (χ4n) is 0.957. The van der Waals surface area contributed by atoms with Crippen molar-refractivity contribution >= 4 is 9.05 Å². The Morgan fingerprint density at radius 1 is 0.667 bits per heavy atom. The Morgan fingerprint density at radius 2 is 0.867 bits per heavy atom. The SMILES string of the molecule is CCO[Si](OCC)(OCC)OCC.[Na+].[OH-]. The van der Waals surface area contributed by atoms with Crippen LogP contribution >= 0.6 is 0 Å². The first-order chi connectivity index (χ1) is 6.24. The molecule has 88 valence electrons. The molecule has 0 saturated carbocycles. The normalized spacial score (nSPS) is 10.4. The third-order valence-electron chi connectivity index (χ3n) is 1.28. The summed E-state index contributed by atoms with van der Waals surface area (Å²) in [5, 5.41) is 0. The van der Waals surface area contributed by atoms with Crippen molar-refractivity contribution in [2.75, 3.05) is 26.4 Å². The first-order valence-corrected chi connectivity index (χ1v) is 6.43. The second-order valence-corrected chi connectivity index (χ2v) is 4.39. The molecule has 0 aliphatic rings. The van der Waals surface area contributed by atoms with Crippen LogP contribution in [0.4, 0.5) is 0 Å². The van der Waals surface area contributed by atoms with Gasteiger partial charge in [0.2, 0.25) is 0 Å². The summed E-state index contributed by atoms with van der Waals surface area (Å²) < 4.78 is 21.7. The maximum Gasteiger partial charge on any atom is 1.00 e. The molecule has 7 heteroatoms. The summed E-state index contributed by atoms with van der Waals surface area (Å²) in [4.78, 5) is 0. The van der Waals surface area contributed by atoms with Crippen molar-refractivity contribution in [3.05, 3.63) is 0 Å². The van der Waals surface area contributed by atoms with E-state index in [-0.39, 0.29) is 35.0 Å². The molecular formula is C8H21NaO5Si. The zero-order chi connectivity index (χ0) is 10.2. The Bertz CT molecular complexity index is 98.1. The van der Waals surface area contributed by atoms with Gasteiger partial charge in [-0.3, -0.25) is 0 Å². The largest absolute Gasteiger partial charge is 1.00 e. The van der Waals surface area contributed by atoms with E-state index < -0.39 is 9.05 Å². The molecule has 0 saturated heterocycles. The van der Waals surface area contributed by atoms with E-state index in [4.69, 9.17) is 17.7 Å². The van der Waals surface area contributed by atoms with Crippen LogP contribution in [0.5, 0.6) is 0 Å². The molecule has 0 spiro atoms. The topological polar surface area (TPSA) is 66.9 Å². The van der Waals surface area contributed by atoms with Gasteiger partial charge in [0.05, 0.1) is 0 Å². The van der Waals surface area contributed by atoms with Gasteiger partial charge in [-0.25, -0.2) is 0 Å². The molecule has 0 aliphatic carbocycles. The Balaban J connectivity index is -0.000000720. The Hall–Kier alpha value is 1.02. The van der Waals surface area contributed by atoms with Gasteiger partial charge in [-0.05, 0) is 27.7 Å². The molecule has 1 N–H and O–H groups in total. The van der Waals surface area contributed by atoms with Crippen molar-refractivity contribution in [2.24, 2.45) is 0 Å². The summed E-state index contributed by atoms with van der Waals surface area (Å²) in [6, 6.07) is 0. The van der Waals surface area contributed by atoms with Crippen LogP contribution in [0.15, 0.2) is 0 Å². The summed E-state index contributed by atoms with van der Waals surface area (Å²) in [5.41, 5.74) is 0. The number of hydrogen-bond donors (Lipinski definition) is 0. The average molecular weight is 248 g/mol. The predicted octanol–water partition coefficient (Wildman–Crippen LogP) is -1.60. The standard InChI is InChI=1S/C8H20O4Si.Na.H2O/c1-5-9-13(10-6-2,11-7-3)12-8-4;;/h5-8H2,1-4H3;;1H2/q;+1;/p-1. The van der Waals surface area contributed by atoms with Gasteiger partial charge in [-0.15, -0.1) is 0 Å². The van der Waals surface area contributed by atoms with Gasteiger partial charge in [0.25, 0.3) is 0 Å². The Morgan fingerprint density at radius 3 is 1.00 bits per heavy atom. The maximum atomic E-state index is 5.42. The van der Waals surface area contributed by atoms with Crippen LogP contribution < -0.4 is 29.6 Å². The van der Waals surface area contributed by atoms with Gasteiger partial charge in [0, 0.05) is 26.4 Å². The second kappa shape index (κ2) is 13.1. The van der Waals surface area contributed by atoms with E-state index in [2.05, 4.69) is 0 Å². The van der Waals surface area contributed by atoms with E-state index in [1.807, 2.05) is 27.7 Å². The maximum absolute atomic E-state index is 5.42. The predicted molar refractivity (Wildman–Crippen MR) is 54.2 cm³/mol. The van der Waals surface area contributed by atoms with E-state index in [1.54, 1.807) is 0 Å². The Labute approximate surface area is 116 Å². The van der Waals surface area contributed by atoms with E-state index in [9.17, 15) is 0 Å². The monoisotopic (exact) mass is 248 g/mol. The minimum atomic E-state index is -2.80. The van der Waals surface area contributed by atoms with Crippen molar-refractivity contribution in [1.29, 1.82) is 0 Å². The number of hydrogen-bond acceptors (Lipinski definition) is 5. The smallest absolute Gasteiger partial charge is 0.870 e. The minimum absolute atomic E-state index is 0. The van der Waals surface area contributed by atoms with Crippen molar-refractivity contribution in [3.8, 4) is 0 Å². The average Bonchev–Trinajstić information content (AvgIpc) is 2.06. The molecule has 0 bridgehead atoms. The molecule has 0 amide bonds. The summed E-state index contributed by atoms with van der Waals surface area (Å²) in [6.07, 6.45) is 0. The quantitative estimate of drug-likeness (QED) is 0.484. The van der Waals surface area contributed by atoms with E-state index >= 15 is 0 Å². The van der Waals surface area contributed by atoms with Crippen molar-refractivity contribution < 1.29 is 52.7 Å².